The molecule has 0 saturated heterocycles. The lowest BCUT2D eigenvalue weighted by atomic mass is 9.90. The maximum absolute atomic E-state index is 13.1. The van der Waals surface area contributed by atoms with Crippen molar-refractivity contribution < 1.29 is 14.3 Å². The van der Waals surface area contributed by atoms with Gasteiger partial charge in [0.25, 0.3) is 5.56 Å². The molecule has 0 spiro atoms. The molecule has 5 rings (SSSR count). The highest BCUT2D eigenvalue weighted by Crippen LogP contribution is 2.40. The van der Waals surface area contributed by atoms with Gasteiger partial charge in [-0.15, -0.1) is 11.3 Å². The highest BCUT2D eigenvalue weighted by atomic mass is 32.1. The Hall–Kier alpha value is -4.02. The van der Waals surface area contributed by atoms with E-state index < -0.39 is 5.41 Å². The molecule has 220 valence electrons. The summed E-state index contributed by atoms with van der Waals surface area (Å²) in [4.78, 5) is 46.6. The highest BCUT2D eigenvalue weighted by molar-refractivity contribution is 7.17. The molecule has 1 atom stereocenters. The number of amides is 2. The molecule has 2 amide bonds. The van der Waals surface area contributed by atoms with Crippen molar-refractivity contribution in [2.75, 3.05) is 36.5 Å². The number of nitrogens with one attached hydrogen (secondary N) is 1. The van der Waals surface area contributed by atoms with Gasteiger partial charge in [-0.2, -0.15) is 0 Å². The fourth-order valence-electron chi connectivity index (χ4n) is 5.41. The molecule has 1 aliphatic heterocycles. The number of carbonyl (C=O) groups excluding carboxylic acids is 2. The molecule has 0 bridgehead atoms. The van der Waals surface area contributed by atoms with Crippen molar-refractivity contribution in [1.82, 2.24) is 14.9 Å². The molecule has 1 unspecified atom stereocenters. The number of carbonyl (C=O) groups is 2. The van der Waals surface area contributed by atoms with Crippen LogP contribution in [-0.4, -0.2) is 48.1 Å². The summed E-state index contributed by atoms with van der Waals surface area (Å²) in [6.45, 7) is 7.49. The molecule has 1 aromatic carbocycles. The third kappa shape index (κ3) is 5.82. The molecule has 0 fully saturated rings. The van der Waals surface area contributed by atoms with E-state index in [4.69, 9.17) is 4.74 Å². The number of aryl methyl sites for hydroxylation is 1. The second kappa shape index (κ2) is 12.5. The number of anilines is 2. The Kier molecular flexibility index (Phi) is 8.74. The number of ether oxygens (including phenoxy) is 1. The first kappa shape index (κ1) is 29.5. The molecule has 10 heteroatoms. The zero-order chi connectivity index (χ0) is 29.9. The predicted molar refractivity (Wildman–Crippen MR) is 167 cm³/mol. The number of hydrogen-bond donors (Lipinski definition) is 1. The minimum absolute atomic E-state index is 0.0257. The minimum Gasteiger partial charge on any atom is -0.493 e. The van der Waals surface area contributed by atoms with E-state index in [1.165, 1.54) is 11.3 Å². The summed E-state index contributed by atoms with van der Waals surface area (Å²) in [6.07, 6.45) is 6.96. The van der Waals surface area contributed by atoms with Crippen LogP contribution in [0.5, 0.6) is 5.75 Å². The number of nitrogens with zero attached hydrogens (tertiary/aromatic N) is 4. The van der Waals surface area contributed by atoms with Crippen molar-refractivity contribution in [3.8, 4) is 5.75 Å². The van der Waals surface area contributed by atoms with E-state index in [9.17, 15) is 14.4 Å². The topological polar surface area (TPSA) is 96.8 Å². The van der Waals surface area contributed by atoms with Crippen molar-refractivity contribution in [3.63, 3.8) is 0 Å². The lowest BCUT2D eigenvalue weighted by Gasteiger charge is -2.27. The van der Waals surface area contributed by atoms with E-state index in [0.29, 0.717) is 43.4 Å². The molecule has 0 radical (unpaired) electrons. The van der Waals surface area contributed by atoms with Gasteiger partial charge in [-0.25, -0.2) is 0 Å². The van der Waals surface area contributed by atoms with Gasteiger partial charge < -0.3 is 24.4 Å². The zero-order valence-corrected chi connectivity index (χ0v) is 25.3. The molecular weight excluding hydrogens is 550 g/mol. The van der Waals surface area contributed by atoms with E-state index in [-0.39, 0.29) is 23.4 Å². The summed E-state index contributed by atoms with van der Waals surface area (Å²) in [7, 11) is 1.70. The van der Waals surface area contributed by atoms with Crippen molar-refractivity contribution in [3.05, 3.63) is 82.4 Å². The Bertz CT molecular complexity index is 1630. The van der Waals surface area contributed by atoms with E-state index >= 15 is 0 Å². The van der Waals surface area contributed by atoms with Gasteiger partial charge >= 0.3 is 0 Å². The highest BCUT2D eigenvalue weighted by Gasteiger charge is 2.45. The summed E-state index contributed by atoms with van der Waals surface area (Å²) in [6, 6.07) is 13.5. The molecule has 1 N–H and O–H groups in total. The molecule has 4 aromatic rings. The second-order valence-corrected chi connectivity index (χ2v) is 11.9. The maximum atomic E-state index is 13.1. The van der Waals surface area contributed by atoms with Crippen LogP contribution in [0.2, 0.25) is 0 Å². The number of rotatable bonds is 11. The van der Waals surface area contributed by atoms with Gasteiger partial charge in [0.1, 0.15) is 11.2 Å². The van der Waals surface area contributed by atoms with E-state index in [1.807, 2.05) is 67.2 Å². The van der Waals surface area contributed by atoms with Crippen LogP contribution in [0.25, 0.3) is 10.1 Å². The van der Waals surface area contributed by atoms with E-state index in [1.54, 1.807) is 41.5 Å². The van der Waals surface area contributed by atoms with Crippen molar-refractivity contribution in [1.29, 1.82) is 0 Å². The Balaban J connectivity index is 1.21. The summed E-state index contributed by atoms with van der Waals surface area (Å²) < 4.78 is 8.64. The number of benzene rings is 1. The number of hydrogen-bond acceptors (Lipinski definition) is 7. The molecule has 42 heavy (non-hydrogen) atoms. The largest absolute Gasteiger partial charge is 0.493 e. The van der Waals surface area contributed by atoms with Gasteiger partial charge in [0.05, 0.1) is 22.7 Å². The Labute approximate surface area is 249 Å². The molecular formula is C32H37N5O4S. The Morgan fingerprint density at radius 3 is 2.67 bits per heavy atom. The lowest BCUT2D eigenvalue weighted by molar-refractivity contribution is -0.137. The van der Waals surface area contributed by atoms with Crippen molar-refractivity contribution in [2.45, 2.75) is 46.2 Å². The van der Waals surface area contributed by atoms with Gasteiger partial charge in [-0.1, -0.05) is 6.07 Å². The summed E-state index contributed by atoms with van der Waals surface area (Å²) in [5.41, 5.74) is 1.33. The standard InChI is InChI=1S/C32H37N5O4S/c1-5-37-26-10-9-24(20-27(26)35(4)30(39)32(2,3)31(37)40)41-18-7-15-34-25(23-8-6-14-33-21-23)12-17-36-16-11-22-13-19-42-28(22)29(36)38/h6,8-11,13-14,16,19-21,25,34H,5,7,12,15,17-18H2,1-4H3. The average Bonchev–Trinajstić information content (AvgIpc) is 3.48. The number of pyridine rings is 2. The molecule has 3 aromatic heterocycles. The normalized spacial score (nSPS) is 15.5. The average molecular weight is 588 g/mol. The van der Waals surface area contributed by atoms with Crippen LogP contribution in [0, 0.1) is 5.41 Å². The number of thiophene rings is 1. The first-order valence-corrected chi connectivity index (χ1v) is 15.2. The number of fused-ring (bicyclic) bond motifs is 2. The summed E-state index contributed by atoms with van der Waals surface area (Å²) >= 11 is 1.48. The Morgan fingerprint density at radius 1 is 1.07 bits per heavy atom. The molecule has 9 nitrogen and oxygen atoms in total. The monoisotopic (exact) mass is 587 g/mol. The van der Waals surface area contributed by atoms with Crippen LogP contribution in [0.3, 0.4) is 0 Å². The zero-order valence-electron chi connectivity index (χ0n) is 24.5. The maximum Gasteiger partial charge on any atom is 0.268 e. The molecule has 0 saturated carbocycles. The van der Waals surface area contributed by atoms with Crippen LogP contribution in [0.1, 0.15) is 45.2 Å². The van der Waals surface area contributed by atoms with Gasteiger partial charge in [0.15, 0.2) is 0 Å². The van der Waals surface area contributed by atoms with Gasteiger partial charge in [0, 0.05) is 50.8 Å². The second-order valence-electron chi connectivity index (χ2n) is 11.0. The number of aromatic nitrogens is 2. The van der Waals surface area contributed by atoms with Gasteiger partial charge in [-0.05, 0) is 86.8 Å². The third-order valence-corrected chi connectivity index (χ3v) is 8.76. The van der Waals surface area contributed by atoms with E-state index in [2.05, 4.69) is 10.3 Å². The molecule has 1 aliphatic rings. The SMILES string of the molecule is CCN1C(=O)C(C)(C)C(=O)N(C)c2cc(OCCCNC(CCn3ccc4ccsc4c3=O)c3cccnc3)ccc21. The van der Waals surface area contributed by atoms with Gasteiger partial charge in [-0.3, -0.25) is 19.4 Å². The first-order chi connectivity index (χ1) is 20.2. The third-order valence-electron chi connectivity index (χ3n) is 7.85. The van der Waals surface area contributed by atoms with Crippen molar-refractivity contribution in [2.24, 2.45) is 5.41 Å². The summed E-state index contributed by atoms with van der Waals surface area (Å²) in [5, 5.41) is 6.54. The van der Waals surface area contributed by atoms with Crippen molar-refractivity contribution >= 4 is 44.6 Å². The predicted octanol–water partition coefficient (Wildman–Crippen LogP) is 5.00. The first-order valence-electron chi connectivity index (χ1n) is 14.3. The van der Waals surface area contributed by atoms with Crippen LogP contribution >= 0.6 is 11.3 Å². The molecule has 4 heterocycles. The quantitative estimate of drug-likeness (QED) is 0.196. The molecule has 0 aliphatic carbocycles. The van der Waals surface area contributed by atoms with Gasteiger partial charge in [0.2, 0.25) is 11.8 Å². The van der Waals surface area contributed by atoms with Crippen LogP contribution in [0.4, 0.5) is 11.4 Å². The van der Waals surface area contributed by atoms with Crippen LogP contribution in [-0.2, 0) is 16.1 Å². The minimum atomic E-state index is -1.15. The smallest absolute Gasteiger partial charge is 0.268 e. The van der Waals surface area contributed by atoms with Crippen LogP contribution in [0.15, 0.2) is 71.2 Å². The lowest BCUT2D eigenvalue weighted by Crippen LogP contribution is -2.47. The van der Waals surface area contributed by atoms with E-state index in [0.717, 1.165) is 28.5 Å². The summed E-state index contributed by atoms with van der Waals surface area (Å²) in [5.74, 6) is 0.189. The fourth-order valence-corrected chi connectivity index (χ4v) is 6.26. The fraction of sp³-hybridized carbons (Fsp3) is 0.375. The van der Waals surface area contributed by atoms with Crippen LogP contribution < -0.4 is 25.4 Å². The Morgan fingerprint density at radius 2 is 1.90 bits per heavy atom.